The molecule has 1 heterocycles. The van der Waals surface area contributed by atoms with E-state index < -0.39 is 0 Å². The van der Waals surface area contributed by atoms with Crippen molar-refractivity contribution in [2.45, 2.75) is 6.92 Å². The van der Waals surface area contributed by atoms with E-state index in [1.54, 1.807) is 12.3 Å². The number of allylic oxidation sites excluding steroid dienone is 2. The minimum atomic E-state index is 0.751. The van der Waals surface area contributed by atoms with Gasteiger partial charge in [-0.1, -0.05) is 0 Å². The third-order valence-electron chi connectivity index (χ3n) is 1.19. The second-order valence-corrected chi connectivity index (χ2v) is 1.93. The van der Waals surface area contributed by atoms with Gasteiger partial charge in [0.2, 0.25) is 0 Å². The van der Waals surface area contributed by atoms with Gasteiger partial charge >= 0.3 is 0 Å². The maximum atomic E-state index is 8.27. The van der Waals surface area contributed by atoms with E-state index in [-0.39, 0.29) is 0 Å². The van der Waals surface area contributed by atoms with Crippen molar-refractivity contribution in [1.82, 2.24) is 0 Å². The highest BCUT2D eigenvalue weighted by Crippen LogP contribution is 2.12. The van der Waals surface area contributed by atoms with Gasteiger partial charge in [-0.05, 0) is 19.1 Å². The Hall–Kier alpha value is -1.49. The SMILES string of the molecule is C/C(=C/C#N)c1ccco1. The van der Waals surface area contributed by atoms with Crippen LogP contribution in [0.4, 0.5) is 0 Å². The first-order valence-corrected chi connectivity index (χ1v) is 2.95. The van der Waals surface area contributed by atoms with Crippen molar-refractivity contribution in [1.29, 1.82) is 5.26 Å². The first-order valence-electron chi connectivity index (χ1n) is 2.95. The summed E-state index contributed by atoms with van der Waals surface area (Å²) in [6.07, 6.45) is 3.04. The van der Waals surface area contributed by atoms with Gasteiger partial charge in [0.1, 0.15) is 5.76 Å². The van der Waals surface area contributed by atoms with Crippen molar-refractivity contribution in [2.75, 3.05) is 0 Å². The standard InChI is InChI=1S/C8H7NO/c1-7(4-5-9)8-3-2-6-10-8/h2-4,6H,1H3/b7-4-. The van der Waals surface area contributed by atoms with E-state index in [2.05, 4.69) is 0 Å². The molecule has 1 aromatic heterocycles. The summed E-state index contributed by atoms with van der Waals surface area (Å²) in [5, 5.41) is 8.27. The molecule has 0 spiro atoms. The van der Waals surface area contributed by atoms with Gasteiger partial charge in [-0.25, -0.2) is 0 Å². The molecule has 0 bridgehead atoms. The molecule has 1 rings (SSSR count). The molecule has 0 radical (unpaired) electrons. The largest absolute Gasteiger partial charge is 0.465 e. The van der Waals surface area contributed by atoms with Gasteiger partial charge in [-0.3, -0.25) is 0 Å². The Balaban J connectivity index is 2.90. The molecule has 2 heteroatoms. The van der Waals surface area contributed by atoms with E-state index in [9.17, 15) is 0 Å². The zero-order chi connectivity index (χ0) is 7.40. The van der Waals surface area contributed by atoms with Crippen molar-refractivity contribution < 1.29 is 4.42 Å². The second-order valence-electron chi connectivity index (χ2n) is 1.93. The maximum Gasteiger partial charge on any atom is 0.130 e. The fraction of sp³-hybridized carbons (Fsp3) is 0.125. The molecule has 0 aliphatic carbocycles. The Labute approximate surface area is 59.4 Å². The summed E-state index contributed by atoms with van der Waals surface area (Å²) in [5.41, 5.74) is 0.854. The Morgan fingerprint density at radius 1 is 1.80 bits per heavy atom. The highest BCUT2D eigenvalue weighted by atomic mass is 16.3. The van der Waals surface area contributed by atoms with Crippen molar-refractivity contribution in [3.8, 4) is 6.07 Å². The molecule has 2 nitrogen and oxygen atoms in total. The number of hydrogen-bond donors (Lipinski definition) is 0. The number of hydrogen-bond acceptors (Lipinski definition) is 2. The maximum absolute atomic E-state index is 8.27. The van der Waals surface area contributed by atoms with Crippen LogP contribution in [-0.4, -0.2) is 0 Å². The lowest BCUT2D eigenvalue weighted by atomic mass is 10.2. The smallest absolute Gasteiger partial charge is 0.130 e. The van der Waals surface area contributed by atoms with E-state index in [0.717, 1.165) is 11.3 Å². The number of furan rings is 1. The molecule has 0 aliphatic heterocycles. The molecule has 0 fully saturated rings. The molecular weight excluding hydrogens is 126 g/mol. The monoisotopic (exact) mass is 133 g/mol. The van der Waals surface area contributed by atoms with Crippen LogP contribution in [0.3, 0.4) is 0 Å². The molecule has 0 amide bonds. The van der Waals surface area contributed by atoms with Crippen molar-refractivity contribution in [3.05, 3.63) is 30.2 Å². The lowest BCUT2D eigenvalue weighted by Crippen LogP contribution is -1.70. The van der Waals surface area contributed by atoms with Gasteiger partial charge in [0.05, 0.1) is 12.3 Å². The molecule has 0 aliphatic rings. The summed E-state index contributed by atoms with van der Waals surface area (Å²) in [5.74, 6) is 0.751. The predicted molar refractivity (Wildman–Crippen MR) is 38.0 cm³/mol. The highest BCUT2D eigenvalue weighted by Gasteiger charge is 1.95. The predicted octanol–water partition coefficient (Wildman–Crippen LogP) is 2.21. The molecule has 0 aromatic carbocycles. The first-order chi connectivity index (χ1) is 4.84. The minimum Gasteiger partial charge on any atom is -0.465 e. The third-order valence-corrected chi connectivity index (χ3v) is 1.19. The van der Waals surface area contributed by atoms with Crippen LogP contribution >= 0.6 is 0 Å². The Morgan fingerprint density at radius 3 is 3.10 bits per heavy atom. The summed E-state index contributed by atoms with van der Waals surface area (Å²) in [7, 11) is 0. The second kappa shape index (κ2) is 2.88. The molecular formula is C8H7NO. The molecule has 1 aromatic rings. The van der Waals surface area contributed by atoms with E-state index in [1.165, 1.54) is 6.08 Å². The third kappa shape index (κ3) is 1.26. The Kier molecular flexibility index (Phi) is 1.91. The van der Waals surface area contributed by atoms with Gasteiger partial charge in [0, 0.05) is 11.6 Å². The average Bonchev–Trinajstić information content (AvgIpc) is 2.38. The van der Waals surface area contributed by atoms with Crippen LogP contribution < -0.4 is 0 Å². The summed E-state index contributed by atoms with van der Waals surface area (Å²) in [6, 6.07) is 5.55. The average molecular weight is 133 g/mol. The zero-order valence-corrected chi connectivity index (χ0v) is 5.66. The van der Waals surface area contributed by atoms with Crippen LogP contribution in [-0.2, 0) is 0 Å². The van der Waals surface area contributed by atoms with Gasteiger partial charge in [-0.15, -0.1) is 0 Å². The lowest BCUT2D eigenvalue weighted by molar-refractivity contribution is 0.553. The Morgan fingerprint density at radius 2 is 2.60 bits per heavy atom. The van der Waals surface area contributed by atoms with E-state index in [4.69, 9.17) is 9.68 Å². The summed E-state index contributed by atoms with van der Waals surface area (Å²) < 4.78 is 5.03. The van der Waals surface area contributed by atoms with Crippen LogP contribution in [0.2, 0.25) is 0 Å². The van der Waals surface area contributed by atoms with Crippen molar-refractivity contribution in [3.63, 3.8) is 0 Å². The molecule has 0 N–H and O–H groups in total. The molecule has 0 saturated carbocycles. The molecule has 10 heavy (non-hydrogen) atoms. The molecule has 0 saturated heterocycles. The van der Waals surface area contributed by atoms with Gasteiger partial charge in [0.25, 0.3) is 0 Å². The first kappa shape index (κ1) is 6.63. The quantitative estimate of drug-likeness (QED) is 0.550. The fourth-order valence-corrected chi connectivity index (χ4v) is 0.671. The van der Waals surface area contributed by atoms with Crippen LogP contribution in [0.5, 0.6) is 0 Å². The van der Waals surface area contributed by atoms with E-state index in [1.807, 2.05) is 19.1 Å². The summed E-state index contributed by atoms with van der Waals surface area (Å²) in [6.45, 7) is 1.84. The van der Waals surface area contributed by atoms with Crippen LogP contribution in [0.1, 0.15) is 12.7 Å². The van der Waals surface area contributed by atoms with Gasteiger partial charge < -0.3 is 4.42 Å². The topological polar surface area (TPSA) is 36.9 Å². The summed E-state index contributed by atoms with van der Waals surface area (Å²) >= 11 is 0. The number of rotatable bonds is 1. The van der Waals surface area contributed by atoms with E-state index in [0.29, 0.717) is 0 Å². The van der Waals surface area contributed by atoms with Crippen molar-refractivity contribution >= 4 is 5.57 Å². The fourth-order valence-electron chi connectivity index (χ4n) is 0.671. The number of nitriles is 1. The minimum absolute atomic E-state index is 0.751. The Bertz CT molecular complexity index is 264. The normalized spacial score (nSPS) is 11.0. The lowest BCUT2D eigenvalue weighted by Gasteiger charge is -1.88. The molecule has 0 unspecified atom stereocenters. The van der Waals surface area contributed by atoms with Crippen LogP contribution in [0.25, 0.3) is 5.57 Å². The zero-order valence-electron chi connectivity index (χ0n) is 5.66. The molecule has 50 valence electrons. The highest BCUT2D eigenvalue weighted by molar-refractivity contribution is 5.61. The van der Waals surface area contributed by atoms with E-state index >= 15 is 0 Å². The van der Waals surface area contributed by atoms with Crippen LogP contribution in [0, 0.1) is 11.3 Å². The van der Waals surface area contributed by atoms with Crippen LogP contribution in [0.15, 0.2) is 28.9 Å². The summed E-state index contributed by atoms with van der Waals surface area (Å²) in [4.78, 5) is 0. The van der Waals surface area contributed by atoms with Gasteiger partial charge in [-0.2, -0.15) is 5.26 Å². The van der Waals surface area contributed by atoms with Crippen molar-refractivity contribution in [2.24, 2.45) is 0 Å². The van der Waals surface area contributed by atoms with Gasteiger partial charge in [0.15, 0.2) is 0 Å². The number of nitrogens with zero attached hydrogens (tertiary/aromatic N) is 1. The molecule has 0 atom stereocenters.